The van der Waals surface area contributed by atoms with Gasteiger partial charge < -0.3 is 4.57 Å². The molecule has 0 fully saturated rings. The van der Waals surface area contributed by atoms with E-state index in [-0.39, 0.29) is 5.25 Å². The first kappa shape index (κ1) is 16.4. The molecule has 1 atom stereocenters. The van der Waals surface area contributed by atoms with Crippen molar-refractivity contribution in [2.24, 2.45) is 7.05 Å². The molecule has 0 N–H and O–H groups in total. The van der Waals surface area contributed by atoms with Crippen LogP contribution in [0.3, 0.4) is 0 Å². The van der Waals surface area contributed by atoms with E-state index in [1.54, 1.807) is 11.8 Å². The summed E-state index contributed by atoms with van der Waals surface area (Å²) in [4.78, 5) is 0. The van der Waals surface area contributed by atoms with Gasteiger partial charge in [-0.15, -0.1) is 10.2 Å². The van der Waals surface area contributed by atoms with Crippen molar-refractivity contribution in [1.29, 1.82) is 0 Å². The van der Waals surface area contributed by atoms with Crippen LogP contribution in [-0.2, 0) is 7.05 Å². The maximum absolute atomic E-state index is 6.27. The average molecular weight is 364 g/mol. The number of nitrogens with zero attached hydrogens (tertiary/aromatic N) is 3. The van der Waals surface area contributed by atoms with Gasteiger partial charge in [0.25, 0.3) is 0 Å². The molecule has 0 saturated carbocycles. The molecule has 6 heteroatoms. The number of hydrogen-bond donors (Lipinski definition) is 0. The van der Waals surface area contributed by atoms with Gasteiger partial charge in [0, 0.05) is 27.9 Å². The molecule has 2 aromatic carbocycles. The maximum Gasteiger partial charge on any atom is 0.191 e. The van der Waals surface area contributed by atoms with Crippen LogP contribution in [0.5, 0.6) is 0 Å². The Balaban J connectivity index is 1.85. The molecule has 0 spiro atoms. The van der Waals surface area contributed by atoms with Crippen LogP contribution >= 0.6 is 35.0 Å². The molecule has 0 bridgehead atoms. The van der Waals surface area contributed by atoms with E-state index in [1.807, 2.05) is 60.1 Å². The molecule has 118 valence electrons. The predicted octanol–water partition coefficient (Wildman–Crippen LogP) is 5.64. The summed E-state index contributed by atoms with van der Waals surface area (Å²) < 4.78 is 1.99. The minimum absolute atomic E-state index is 0.185. The van der Waals surface area contributed by atoms with Crippen molar-refractivity contribution in [2.75, 3.05) is 0 Å². The molecule has 0 radical (unpaired) electrons. The van der Waals surface area contributed by atoms with Crippen LogP contribution in [0.25, 0.3) is 11.4 Å². The van der Waals surface area contributed by atoms with E-state index in [0.29, 0.717) is 5.02 Å². The number of halogens is 2. The third kappa shape index (κ3) is 3.55. The lowest BCUT2D eigenvalue weighted by molar-refractivity contribution is 0.790. The second-order valence-corrected chi connectivity index (χ2v) is 7.31. The van der Waals surface area contributed by atoms with Crippen molar-refractivity contribution in [3.05, 3.63) is 64.1 Å². The Morgan fingerprint density at radius 2 is 1.70 bits per heavy atom. The van der Waals surface area contributed by atoms with Crippen LogP contribution < -0.4 is 0 Å². The van der Waals surface area contributed by atoms with Crippen molar-refractivity contribution < 1.29 is 0 Å². The van der Waals surface area contributed by atoms with Crippen molar-refractivity contribution in [3.63, 3.8) is 0 Å². The van der Waals surface area contributed by atoms with Gasteiger partial charge in [-0.05, 0) is 42.8 Å². The fourth-order valence-electron chi connectivity index (χ4n) is 2.29. The monoisotopic (exact) mass is 363 g/mol. The second kappa shape index (κ2) is 6.95. The zero-order valence-electron chi connectivity index (χ0n) is 12.7. The minimum Gasteiger partial charge on any atom is -0.305 e. The minimum atomic E-state index is 0.185. The molecule has 0 unspecified atom stereocenters. The van der Waals surface area contributed by atoms with Crippen LogP contribution in [0.15, 0.2) is 53.7 Å². The smallest absolute Gasteiger partial charge is 0.191 e. The highest BCUT2D eigenvalue weighted by atomic mass is 35.5. The fraction of sp³-hybridized carbons (Fsp3) is 0.176. The van der Waals surface area contributed by atoms with E-state index >= 15 is 0 Å². The molecule has 0 aliphatic heterocycles. The van der Waals surface area contributed by atoms with Crippen LogP contribution in [0.1, 0.15) is 17.7 Å². The quantitative estimate of drug-likeness (QED) is 0.561. The average Bonchev–Trinajstić information content (AvgIpc) is 2.89. The number of thioether (sulfide) groups is 1. The van der Waals surface area contributed by atoms with E-state index in [1.165, 1.54) is 0 Å². The normalized spacial score (nSPS) is 12.3. The summed E-state index contributed by atoms with van der Waals surface area (Å²) in [5.41, 5.74) is 2.08. The highest BCUT2D eigenvalue weighted by molar-refractivity contribution is 7.99. The third-order valence-electron chi connectivity index (χ3n) is 3.56. The molecule has 23 heavy (non-hydrogen) atoms. The zero-order chi connectivity index (χ0) is 16.4. The summed E-state index contributed by atoms with van der Waals surface area (Å²) in [6.07, 6.45) is 0. The first-order valence-corrected chi connectivity index (χ1v) is 8.76. The lowest BCUT2D eigenvalue weighted by atomic mass is 10.2. The highest BCUT2D eigenvalue weighted by Crippen LogP contribution is 2.37. The number of aromatic nitrogens is 3. The maximum atomic E-state index is 6.27. The highest BCUT2D eigenvalue weighted by Gasteiger charge is 2.16. The van der Waals surface area contributed by atoms with E-state index in [0.717, 1.165) is 27.1 Å². The van der Waals surface area contributed by atoms with Gasteiger partial charge in [0.05, 0.1) is 0 Å². The van der Waals surface area contributed by atoms with Gasteiger partial charge in [-0.1, -0.05) is 53.2 Å². The Kier molecular flexibility index (Phi) is 4.95. The number of benzene rings is 2. The first-order chi connectivity index (χ1) is 11.1. The van der Waals surface area contributed by atoms with Crippen LogP contribution in [-0.4, -0.2) is 14.8 Å². The zero-order valence-corrected chi connectivity index (χ0v) is 15.0. The van der Waals surface area contributed by atoms with E-state index in [4.69, 9.17) is 23.2 Å². The van der Waals surface area contributed by atoms with Gasteiger partial charge in [-0.3, -0.25) is 0 Å². The number of rotatable bonds is 4. The largest absolute Gasteiger partial charge is 0.305 e. The molecule has 1 heterocycles. The van der Waals surface area contributed by atoms with Crippen molar-refractivity contribution >= 4 is 35.0 Å². The SMILES string of the molecule is C[C@H](Sc1nnc(-c2ccc(Cl)cc2)n1C)c1ccccc1Cl. The summed E-state index contributed by atoms with van der Waals surface area (Å²) in [5, 5.41) is 11.1. The molecule has 0 amide bonds. The van der Waals surface area contributed by atoms with E-state index in [9.17, 15) is 0 Å². The van der Waals surface area contributed by atoms with Gasteiger partial charge in [-0.25, -0.2) is 0 Å². The number of hydrogen-bond acceptors (Lipinski definition) is 3. The summed E-state index contributed by atoms with van der Waals surface area (Å²) in [6.45, 7) is 2.11. The molecular weight excluding hydrogens is 349 g/mol. The van der Waals surface area contributed by atoms with Crippen LogP contribution in [0, 0.1) is 0 Å². The van der Waals surface area contributed by atoms with Crippen molar-refractivity contribution in [3.8, 4) is 11.4 Å². The Labute approximate surface area is 149 Å². The summed E-state index contributed by atoms with van der Waals surface area (Å²) in [5.74, 6) is 0.815. The molecule has 1 aromatic heterocycles. The lowest BCUT2D eigenvalue weighted by Gasteiger charge is -2.12. The van der Waals surface area contributed by atoms with Crippen molar-refractivity contribution in [2.45, 2.75) is 17.3 Å². The van der Waals surface area contributed by atoms with Crippen LogP contribution in [0.4, 0.5) is 0 Å². The van der Waals surface area contributed by atoms with Crippen LogP contribution in [0.2, 0.25) is 10.0 Å². The standard InChI is InChI=1S/C17H15Cl2N3S/c1-11(14-5-3-4-6-15(14)19)23-17-21-20-16(22(17)2)12-7-9-13(18)10-8-12/h3-11H,1-2H3/t11-/m0/s1. The molecule has 3 aromatic rings. The fourth-order valence-corrected chi connectivity index (χ4v) is 3.77. The molecule has 0 saturated heterocycles. The van der Waals surface area contributed by atoms with Gasteiger partial charge >= 0.3 is 0 Å². The first-order valence-electron chi connectivity index (χ1n) is 7.12. The van der Waals surface area contributed by atoms with Gasteiger partial charge in [0.1, 0.15) is 0 Å². The van der Waals surface area contributed by atoms with Gasteiger partial charge in [0.15, 0.2) is 11.0 Å². The Morgan fingerprint density at radius 3 is 2.39 bits per heavy atom. The Morgan fingerprint density at radius 1 is 1.00 bits per heavy atom. The summed E-state index contributed by atoms with van der Waals surface area (Å²) in [6, 6.07) is 15.5. The molecular formula is C17H15Cl2N3S. The van der Waals surface area contributed by atoms with E-state index < -0.39 is 0 Å². The molecule has 0 aliphatic carbocycles. The molecule has 0 aliphatic rings. The Bertz CT molecular complexity index is 815. The summed E-state index contributed by atoms with van der Waals surface area (Å²) in [7, 11) is 1.96. The van der Waals surface area contributed by atoms with E-state index in [2.05, 4.69) is 17.1 Å². The van der Waals surface area contributed by atoms with Gasteiger partial charge in [0.2, 0.25) is 0 Å². The Hall–Kier alpha value is -1.49. The lowest BCUT2D eigenvalue weighted by Crippen LogP contribution is -1.97. The van der Waals surface area contributed by atoms with Gasteiger partial charge in [-0.2, -0.15) is 0 Å². The predicted molar refractivity (Wildman–Crippen MR) is 97.2 cm³/mol. The second-order valence-electron chi connectivity index (χ2n) is 5.15. The third-order valence-corrected chi connectivity index (χ3v) is 5.33. The molecule has 3 nitrogen and oxygen atoms in total. The summed E-state index contributed by atoms with van der Waals surface area (Å²) >= 11 is 13.8. The topological polar surface area (TPSA) is 30.7 Å². The molecule has 3 rings (SSSR count). The van der Waals surface area contributed by atoms with Crippen molar-refractivity contribution in [1.82, 2.24) is 14.8 Å².